The van der Waals surface area contributed by atoms with Gasteiger partial charge in [0, 0.05) is 12.4 Å². The average molecular weight is 267 g/mol. The maximum Gasteiger partial charge on any atom is 0.249 e. The van der Waals surface area contributed by atoms with Crippen molar-refractivity contribution in [3.05, 3.63) is 47.1 Å². The zero-order valence-corrected chi connectivity index (χ0v) is 9.78. The lowest BCUT2D eigenvalue weighted by molar-refractivity contribution is 0.424. The summed E-state index contributed by atoms with van der Waals surface area (Å²) in [5, 5.41) is 7.24. The van der Waals surface area contributed by atoms with Gasteiger partial charge in [0.25, 0.3) is 0 Å². The first kappa shape index (κ1) is 12.3. The molecular formula is C11H8ClFN4O. The standard InChI is InChI=1S/C11H8ClFN4O/c12-6-2-1-3-7(8(6)13)18-11-9(10(14)15)16-4-5-17-11/h1-5H,(H3,14,15). The van der Waals surface area contributed by atoms with Crippen molar-refractivity contribution >= 4 is 17.4 Å². The number of amidine groups is 1. The largest absolute Gasteiger partial charge is 0.434 e. The molecule has 0 unspecified atom stereocenters. The minimum atomic E-state index is -0.709. The Kier molecular flexibility index (Phi) is 3.38. The molecular weight excluding hydrogens is 259 g/mol. The lowest BCUT2D eigenvalue weighted by Gasteiger charge is -2.08. The molecule has 0 atom stereocenters. The van der Waals surface area contributed by atoms with Crippen LogP contribution in [0.2, 0.25) is 5.02 Å². The molecule has 5 nitrogen and oxygen atoms in total. The Morgan fingerprint density at radius 2 is 2.06 bits per heavy atom. The SMILES string of the molecule is N=C(N)c1nccnc1Oc1cccc(Cl)c1F. The van der Waals surface area contributed by atoms with Crippen molar-refractivity contribution in [1.82, 2.24) is 9.97 Å². The van der Waals surface area contributed by atoms with Crippen LogP contribution in [0, 0.1) is 11.2 Å². The number of benzene rings is 1. The predicted octanol–water partition coefficient (Wildman–Crippen LogP) is 2.35. The normalized spacial score (nSPS) is 10.1. The van der Waals surface area contributed by atoms with E-state index in [9.17, 15) is 4.39 Å². The number of halogens is 2. The minimum absolute atomic E-state index is 0.0388. The fourth-order valence-corrected chi connectivity index (χ4v) is 1.42. The topological polar surface area (TPSA) is 84.9 Å². The summed E-state index contributed by atoms with van der Waals surface area (Å²) in [4.78, 5) is 7.68. The van der Waals surface area contributed by atoms with E-state index >= 15 is 0 Å². The van der Waals surface area contributed by atoms with Crippen molar-refractivity contribution in [2.24, 2.45) is 5.73 Å². The fraction of sp³-hybridized carbons (Fsp3) is 0. The molecule has 92 valence electrons. The summed E-state index contributed by atoms with van der Waals surface area (Å²) >= 11 is 5.62. The number of hydrogen-bond acceptors (Lipinski definition) is 4. The Labute approximate surface area is 107 Å². The summed E-state index contributed by atoms with van der Waals surface area (Å²) in [6.45, 7) is 0. The Hall–Kier alpha value is -2.21. The van der Waals surface area contributed by atoms with Gasteiger partial charge < -0.3 is 10.5 Å². The minimum Gasteiger partial charge on any atom is -0.434 e. The second-order valence-electron chi connectivity index (χ2n) is 3.28. The van der Waals surface area contributed by atoms with Crippen molar-refractivity contribution in [2.45, 2.75) is 0 Å². The lowest BCUT2D eigenvalue weighted by Crippen LogP contribution is -2.15. The number of nitrogens with two attached hydrogens (primary N) is 1. The first-order valence-electron chi connectivity index (χ1n) is 4.87. The first-order chi connectivity index (χ1) is 8.59. The maximum absolute atomic E-state index is 13.6. The van der Waals surface area contributed by atoms with E-state index in [-0.39, 0.29) is 28.2 Å². The highest BCUT2D eigenvalue weighted by Gasteiger charge is 2.14. The van der Waals surface area contributed by atoms with Crippen molar-refractivity contribution in [1.29, 1.82) is 5.41 Å². The summed E-state index contributed by atoms with van der Waals surface area (Å²) in [5.41, 5.74) is 5.36. The molecule has 0 bridgehead atoms. The van der Waals surface area contributed by atoms with E-state index < -0.39 is 5.82 Å². The first-order valence-corrected chi connectivity index (χ1v) is 5.24. The van der Waals surface area contributed by atoms with Crippen molar-refractivity contribution in [2.75, 3.05) is 0 Å². The molecule has 0 saturated heterocycles. The van der Waals surface area contributed by atoms with Crippen LogP contribution in [0.3, 0.4) is 0 Å². The van der Waals surface area contributed by atoms with Gasteiger partial charge in [-0.1, -0.05) is 17.7 Å². The highest BCUT2D eigenvalue weighted by molar-refractivity contribution is 6.30. The lowest BCUT2D eigenvalue weighted by atomic mass is 10.3. The zero-order chi connectivity index (χ0) is 13.1. The molecule has 7 heteroatoms. The van der Waals surface area contributed by atoms with Gasteiger partial charge in [0.15, 0.2) is 17.3 Å². The molecule has 2 aromatic rings. The van der Waals surface area contributed by atoms with Crippen LogP contribution in [0.15, 0.2) is 30.6 Å². The second-order valence-corrected chi connectivity index (χ2v) is 3.68. The molecule has 18 heavy (non-hydrogen) atoms. The number of hydrogen-bond donors (Lipinski definition) is 2. The molecule has 0 radical (unpaired) electrons. The highest BCUT2D eigenvalue weighted by Crippen LogP contribution is 2.28. The van der Waals surface area contributed by atoms with E-state index in [0.717, 1.165) is 0 Å². The number of nitrogen functional groups attached to an aromatic ring is 1. The van der Waals surface area contributed by atoms with Gasteiger partial charge in [-0.25, -0.2) is 14.4 Å². The quantitative estimate of drug-likeness (QED) is 0.660. The summed E-state index contributed by atoms with van der Waals surface area (Å²) in [6.07, 6.45) is 2.71. The van der Waals surface area contributed by atoms with E-state index in [4.69, 9.17) is 27.5 Å². The van der Waals surface area contributed by atoms with Gasteiger partial charge in [0.05, 0.1) is 5.02 Å². The van der Waals surface area contributed by atoms with E-state index in [1.54, 1.807) is 0 Å². The molecule has 1 aromatic heterocycles. The van der Waals surface area contributed by atoms with Gasteiger partial charge in [-0.15, -0.1) is 0 Å². The van der Waals surface area contributed by atoms with E-state index in [2.05, 4.69) is 9.97 Å². The molecule has 0 saturated carbocycles. The highest BCUT2D eigenvalue weighted by atomic mass is 35.5. The number of aromatic nitrogens is 2. The Morgan fingerprint density at radius 1 is 1.33 bits per heavy atom. The molecule has 0 aliphatic heterocycles. The summed E-state index contributed by atoms with van der Waals surface area (Å²) < 4.78 is 18.9. The van der Waals surface area contributed by atoms with Crippen LogP contribution in [-0.2, 0) is 0 Å². The molecule has 1 aromatic carbocycles. The monoisotopic (exact) mass is 266 g/mol. The molecule has 2 rings (SSSR count). The van der Waals surface area contributed by atoms with Crippen LogP contribution in [0.4, 0.5) is 4.39 Å². The third-order valence-electron chi connectivity index (χ3n) is 2.04. The predicted molar refractivity (Wildman–Crippen MR) is 64.5 cm³/mol. The van der Waals surface area contributed by atoms with E-state index in [1.807, 2.05) is 0 Å². The van der Waals surface area contributed by atoms with Crippen LogP contribution < -0.4 is 10.5 Å². The molecule has 0 aliphatic rings. The number of ether oxygens (including phenoxy) is 1. The van der Waals surface area contributed by atoms with Crippen molar-refractivity contribution < 1.29 is 9.13 Å². The fourth-order valence-electron chi connectivity index (χ4n) is 1.25. The average Bonchev–Trinajstić information content (AvgIpc) is 2.35. The number of rotatable bonds is 3. The smallest absolute Gasteiger partial charge is 0.249 e. The number of nitrogens with one attached hydrogen (secondary N) is 1. The van der Waals surface area contributed by atoms with Gasteiger partial charge in [-0.05, 0) is 12.1 Å². The van der Waals surface area contributed by atoms with Crippen LogP contribution in [0.25, 0.3) is 0 Å². The Morgan fingerprint density at radius 3 is 2.78 bits per heavy atom. The zero-order valence-electron chi connectivity index (χ0n) is 9.02. The molecule has 0 amide bonds. The van der Waals surface area contributed by atoms with Crippen molar-refractivity contribution in [3.63, 3.8) is 0 Å². The third kappa shape index (κ3) is 2.38. The van der Waals surface area contributed by atoms with Gasteiger partial charge in [-0.2, -0.15) is 0 Å². The van der Waals surface area contributed by atoms with Gasteiger partial charge >= 0.3 is 0 Å². The third-order valence-corrected chi connectivity index (χ3v) is 2.33. The number of nitrogens with zero attached hydrogens (tertiary/aromatic N) is 2. The van der Waals surface area contributed by atoms with Crippen LogP contribution in [-0.4, -0.2) is 15.8 Å². The Balaban J connectivity index is 2.40. The van der Waals surface area contributed by atoms with Gasteiger partial charge in [0.1, 0.15) is 5.84 Å². The van der Waals surface area contributed by atoms with E-state index in [1.165, 1.54) is 30.6 Å². The molecule has 1 heterocycles. The molecule has 3 N–H and O–H groups in total. The van der Waals surface area contributed by atoms with Crippen LogP contribution in [0.5, 0.6) is 11.6 Å². The Bertz CT molecular complexity index is 605. The van der Waals surface area contributed by atoms with Gasteiger partial charge in [-0.3, -0.25) is 5.41 Å². The van der Waals surface area contributed by atoms with Crippen molar-refractivity contribution in [3.8, 4) is 11.6 Å². The molecule has 0 spiro atoms. The van der Waals surface area contributed by atoms with Crippen LogP contribution in [0.1, 0.15) is 5.69 Å². The van der Waals surface area contributed by atoms with Gasteiger partial charge in [0.2, 0.25) is 5.88 Å². The maximum atomic E-state index is 13.6. The summed E-state index contributed by atoms with van der Waals surface area (Å²) in [5.74, 6) is -1.18. The van der Waals surface area contributed by atoms with Crippen LogP contribution >= 0.6 is 11.6 Å². The molecule has 0 fully saturated rings. The second kappa shape index (κ2) is 4.97. The summed E-state index contributed by atoms with van der Waals surface area (Å²) in [6, 6.07) is 4.32. The molecule has 0 aliphatic carbocycles. The summed E-state index contributed by atoms with van der Waals surface area (Å²) in [7, 11) is 0. The van der Waals surface area contributed by atoms with E-state index in [0.29, 0.717) is 0 Å².